The van der Waals surface area contributed by atoms with Crippen LogP contribution in [0.1, 0.15) is 21.5 Å². The number of esters is 1. The Morgan fingerprint density at radius 3 is 1.97 bits per heavy atom. The summed E-state index contributed by atoms with van der Waals surface area (Å²) in [6.45, 7) is -0.370. The van der Waals surface area contributed by atoms with E-state index >= 15 is 0 Å². The second-order valence-electron chi connectivity index (χ2n) is 6.98. The Hall–Kier alpha value is -4.34. The van der Waals surface area contributed by atoms with Gasteiger partial charge in [-0.15, -0.1) is 0 Å². The third kappa shape index (κ3) is 5.48. The molecule has 3 rings (SSSR count). The van der Waals surface area contributed by atoms with E-state index in [9.17, 15) is 33.1 Å². The molecule has 0 fully saturated rings. The normalized spacial score (nSPS) is 11.3. The highest BCUT2D eigenvalue weighted by atomic mass is 19.1. The van der Waals surface area contributed by atoms with Crippen LogP contribution in [0.15, 0.2) is 76.2 Å². The number of hydrogen-bond acceptors (Lipinski definition) is 6. The molecule has 0 amide bonds. The number of carbonyl (C=O) groups is 2. The largest absolute Gasteiger partial charge is 0.502 e. The lowest BCUT2D eigenvalue weighted by atomic mass is 10.1. The number of allylic oxidation sites excluding steroid dienone is 1. The zero-order valence-corrected chi connectivity index (χ0v) is 17.3. The lowest BCUT2D eigenvalue weighted by molar-refractivity contribution is -0.139. The molecule has 0 aliphatic heterocycles. The highest BCUT2D eigenvalue weighted by Gasteiger charge is 2.19. The maximum absolute atomic E-state index is 13.2. The molecule has 0 aliphatic carbocycles. The van der Waals surface area contributed by atoms with E-state index in [1.807, 2.05) is 0 Å². The maximum atomic E-state index is 13.2. The molecule has 0 bridgehead atoms. The first-order valence-corrected chi connectivity index (χ1v) is 9.56. The van der Waals surface area contributed by atoms with Crippen LogP contribution in [0.2, 0.25) is 0 Å². The zero-order chi connectivity index (χ0) is 24.1. The molecule has 0 aliphatic rings. The van der Waals surface area contributed by atoms with Crippen LogP contribution in [0, 0.1) is 11.6 Å². The van der Waals surface area contributed by atoms with Crippen LogP contribution < -0.4 is 11.2 Å². The number of carbonyl (C=O) groups excluding carboxylic acids is 2. The molecule has 1 N–H and O–H groups in total. The number of aromatic nitrogens is 2. The van der Waals surface area contributed by atoms with Gasteiger partial charge in [0.25, 0.3) is 5.56 Å². The molecule has 170 valence electrons. The van der Waals surface area contributed by atoms with E-state index in [0.29, 0.717) is 17.2 Å². The molecule has 0 spiro atoms. The van der Waals surface area contributed by atoms with Crippen LogP contribution in [0.25, 0.3) is 0 Å². The SMILES string of the molecule is COC(=O)C(O)=CC(=O)c1cn(Cc2ccc(F)cc2)c(=O)n(Cc2ccc(F)cc2)c1=O. The fourth-order valence-corrected chi connectivity index (χ4v) is 3.00. The van der Waals surface area contributed by atoms with Crippen LogP contribution in [0.4, 0.5) is 8.78 Å². The number of methoxy groups -OCH3 is 1. The van der Waals surface area contributed by atoms with E-state index in [-0.39, 0.29) is 13.1 Å². The monoisotopic (exact) mass is 456 g/mol. The third-order valence-electron chi connectivity index (χ3n) is 4.69. The van der Waals surface area contributed by atoms with Crippen molar-refractivity contribution in [1.82, 2.24) is 9.13 Å². The van der Waals surface area contributed by atoms with Crippen molar-refractivity contribution in [2.75, 3.05) is 7.11 Å². The lowest BCUT2D eigenvalue weighted by Crippen LogP contribution is -2.42. The first-order valence-electron chi connectivity index (χ1n) is 9.56. The van der Waals surface area contributed by atoms with Gasteiger partial charge in [-0.2, -0.15) is 0 Å². The number of ether oxygens (including phenoxy) is 1. The summed E-state index contributed by atoms with van der Waals surface area (Å²) < 4.78 is 32.6. The van der Waals surface area contributed by atoms with E-state index < -0.39 is 46.0 Å². The van der Waals surface area contributed by atoms with Crippen molar-refractivity contribution in [3.05, 3.63) is 116 Å². The Morgan fingerprint density at radius 2 is 1.45 bits per heavy atom. The summed E-state index contributed by atoms with van der Waals surface area (Å²) >= 11 is 0. The van der Waals surface area contributed by atoms with Gasteiger partial charge in [0.1, 0.15) is 17.2 Å². The minimum absolute atomic E-state index is 0.101. The number of aliphatic hydroxyl groups excluding tert-OH is 1. The first-order chi connectivity index (χ1) is 15.7. The minimum atomic E-state index is -1.19. The van der Waals surface area contributed by atoms with Gasteiger partial charge in [-0.3, -0.25) is 18.7 Å². The van der Waals surface area contributed by atoms with Crippen molar-refractivity contribution in [3.8, 4) is 0 Å². The molecule has 0 saturated carbocycles. The number of aliphatic hydroxyl groups is 1. The lowest BCUT2D eigenvalue weighted by Gasteiger charge is -2.13. The molecule has 0 saturated heterocycles. The molecule has 1 heterocycles. The average Bonchev–Trinajstić information content (AvgIpc) is 2.80. The molecule has 0 unspecified atom stereocenters. The summed E-state index contributed by atoms with van der Waals surface area (Å²) in [7, 11) is 0.995. The summed E-state index contributed by atoms with van der Waals surface area (Å²) in [6.07, 6.45) is 1.51. The molecular formula is C23H18F2N2O6. The topological polar surface area (TPSA) is 108 Å². The fourth-order valence-electron chi connectivity index (χ4n) is 3.00. The van der Waals surface area contributed by atoms with Gasteiger partial charge >= 0.3 is 11.7 Å². The number of rotatable bonds is 7. The number of ketones is 1. The number of nitrogens with zero attached hydrogens (tertiary/aromatic N) is 2. The van der Waals surface area contributed by atoms with E-state index in [2.05, 4.69) is 4.74 Å². The van der Waals surface area contributed by atoms with Gasteiger partial charge in [0.05, 0.1) is 20.2 Å². The van der Waals surface area contributed by atoms with Gasteiger partial charge in [-0.1, -0.05) is 24.3 Å². The van der Waals surface area contributed by atoms with Crippen LogP contribution in [0.3, 0.4) is 0 Å². The van der Waals surface area contributed by atoms with E-state index in [0.717, 1.165) is 34.6 Å². The van der Waals surface area contributed by atoms with Gasteiger partial charge in [0, 0.05) is 12.3 Å². The Morgan fingerprint density at radius 1 is 0.939 bits per heavy atom. The summed E-state index contributed by atoms with van der Waals surface area (Å²) in [6, 6.07) is 10.3. The summed E-state index contributed by atoms with van der Waals surface area (Å²) in [5.74, 6) is -4.24. The molecule has 3 aromatic rings. The average molecular weight is 456 g/mol. The summed E-state index contributed by atoms with van der Waals surface area (Å²) in [5.41, 5.74) is -1.32. The van der Waals surface area contributed by atoms with Gasteiger partial charge in [-0.25, -0.2) is 18.4 Å². The van der Waals surface area contributed by atoms with Crippen molar-refractivity contribution in [1.29, 1.82) is 0 Å². The van der Waals surface area contributed by atoms with Crippen LogP contribution in [-0.2, 0) is 22.6 Å². The number of benzene rings is 2. The second-order valence-corrected chi connectivity index (χ2v) is 6.98. The first kappa shape index (κ1) is 23.3. The summed E-state index contributed by atoms with van der Waals surface area (Å²) in [4.78, 5) is 50.0. The van der Waals surface area contributed by atoms with Crippen LogP contribution in [-0.4, -0.2) is 33.1 Å². The van der Waals surface area contributed by atoms with Crippen molar-refractivity contribution < 1.29 is 28.2 Å². The van der Waals surface area contributed by atoms with Gasteiger partial charge in [0.2, 0.25) is 5.76 Å². The molecule has 33 heavy (non-hydrogen) atoms. The van der Waals surface area contributed by atoms with E-state index in [4.69, 9.17) is 0 Å². The molecule has 10 heteroatoms. The second kappa shape index (κ2) is 9.86. The van der Waals surface area contributed by atoms with Crippen molar-refractivity contribution >= 4 is 11.8 Å². The van der Waals surface area contributed by atoms with Crippen molar-refractivity contribution in [2.24, 2.45) is 0 Å². The van der Waals surface area contributed by atoms with Gasteiger partial charge in [0.15, 0.2) is 5.78 Å². The Labute approximate surface area is 185 Å². The Bertz CT molecular complexity index is 1340. The molecular weight excluding hydrogens is 438 g/mol. The van der Waals surface area contributed by atoms with Gasteiger partial charge in [-0.05, 0) is 35.4 Å². The molecule has 1 aromatic heterocycles. The van der Waals surface area contributed by atoms with E-state index in [1.165, 1.54) is 36.4 Å². The standard InChI is InChI=1S/C23H18F2N2O6/c1-33-22(31)20(29)10-19(28)18-13-26(11-14-2-6-16(24)7-3-14)23(32)27(21(18)30)12-15-4-8-17(25)9-5-15/h2-10,13,29H,11-12H2,1H3. The fraction of sp³-hybridized carbons (Fsp3) is 0.130. The number of hydrogen-bond donors (Lipinski definition) is 1. The quantitative estimate of drug-likeness (QED) is 0.253. The predicted molar refractivity (Wildman–Crippen MR) is 113 cm³/mol. The van der Waals surface area contributed by atoms with Crippen molar-refractivity contribution in [2.45, 2.75) is 13.1 Å². The van der Waals surface area contributed by atoms with Crippen molar-refractivity contribution in [3.63, 3.8) is 0 Å². The van der Waals surface area contributed by atoms with Gasteiger partial charge < -0.3 is 9.84 Å². The highest BCUT2D eigenvalue weighted by molar-refractivity contribution is 6.07. The maximum Gasteiger partial charge on any atom is 0.373 e. The zero-order valence-electron chi connectivity index (χ0n) is 17.3. The predicted octanol–water partition coefficient (Wildman–Crippen LogP) is 2.18. The molecule has 0 radical (unpaired) electrons. The number of halogens is 2. The smallest absolute Gasteiger partial charge is 0.373 e. The Kier molecular flexibility index (Phi) is 6.97. The molecule has 8 nitrogen and oxygen atoms in total. The minimum Gasteiger partial charge on any atom is -0.502 e. The third-order valence-corrected chi connectivity index (χ3v) is 4.69. The summed E-state index contributed by atoms with van der Waals surface area (Å²) in [5, 5.41) is 9.67. The van der Waals surface area contributed by atoms with E-state index in [1.54, 1.807) is 0 Å². The highest BCUT2D eigenvalue weighted by Crippen LogP contribution is 2.07. The van der Waals surface area contributed by atoms with Crippen LogP contribution >= 0.6 is 0 Å². The van der Waals surface area contributed by atoms with Crippen LogP contribution in [0.5, 0.6) is 0 Å². The molecule has 2 aromatic carbocycles. The molecule has 0 atom stereocenters. The Balaban J connectivity index is 2.13.